The predicted molar refractivity (Wildman–Crippen MR) is 141 cm³/mol. The number of hydrogen-bond acceptors (Lipinski definition) is 4. The second-order valence-electron chi connectivity index (χ2n) is 11.4. The molecule has 1 aliphatic heterocycles. The van der Waals surface area contributed by atoms with Gasteiger partial charge in [-0.2, -0.15) is 13.2 Å². The fourth-order valence-corrected chi connectivity index (χ4v) is 6.06. The predicted octanol–water partition coefficient (Wildman–Crippen LogP) is 4.33. The van der Waals surface area contributed by atoms with E-state index in [0.717, 1.165) is 25.3 Å². The third kappa shape index (κ3) is 5.76. The van der Waals surface area contributed by atoms with E-state index >= 15 is 0 Å². The first-order valence-corrected chi connectivity index (χ1v) is 13.3. The Morgan fingerprint density at radius 1 is 1.10 bits per heavy atom. The lowest BCUT2D eigenvalue weighted by Gasteiger charge is -2.52. The van der Waals surface area contributed by atoms with E-state index in [1.165, 1.54) is 26.6 Å². The maximum absolute atomic E-state index is 13.3. The van der Waals surface area contributed by atoms with Crippen molar-refractivity contribution in [2.45, 2.75) is 63.8 Å². The molecule has 1 aromatic heterocycles. The Balaban J connectivity index is 1.66. The lowest BCUT2D eigenvalue weighted by atomic mass is 9.65. The molecule has 2 fully saturated rings. The van der Waals surface area contributed by atoms with Crippen LogP contribution in [-0.4, -0.2) is 70.3 Å². The molecular weight excluding hydrogens is 511 g/mol. The number of aromatic nitrogens is 1. The highest BCUT2D eigenvalue weighted by Crippen LogP contribution is 2.51. The van der Waals surface area contributed by atoms with Crippen LogP contribution in [0, 0.1) is 11.3 Å². The molecule has 2 heterocycles. The maximum atomic E-state index is 13.3. The largest absolute Gasteiger partial charge is 0.392 e. The first-order valence-electron chi connectivity index (χ1n) is 13.3. The van der Waals surface area contributed by atoms with Crippen molar-refractivity contribution in [1.29, 1.82) is 0 Å². The van der Waals surface area contributed by atoms with Crippen LogP contribution in [-0.2, 0) is 11.3 Å². The third-order valence-electron chi connectivity index (χ3n) is 8.51. The first-order chi connectivity index (χ1) is 18.3. The van der Waals surface area contributed by atoms with Crippen LogP contribution in [0.2, 0.25) is 0 Å². The molecule has 2 unspecified atom stereocenters. The Hall–Kier alpha value is -3.14. The number of likely N-dealkylation sites (tertiary alicyclic amines) is 1. The monoisotopic (exact) mass is 547 g/mol. The number of alkyl halides is 3. The van der Waals surface area contributed by atoms with Gasteiger partial charge in [0.05, 0.1) is 23.6 Å². The highest BCUT2D eigenvalue weighted by molar-refractivity contribution is 6.00. The molecule has 212 valence electrons. The number of carbonyl (C=O) groups excluding carboxylic acids is 2. The molecule has 0 radical (unpaired) electrons. The van der Waals surface area contributed by atoms with Crippen LogP contribution in [0.25, 0.3) is 11.1 Å². The fourth-order valence-electron chi connectivity index (χ4n) is 6.06. The fraction of sp³-hybridized carbons (Fsp3) is 0.552. The Kier molecular flexibility index (Phi) is 7.98. The van der Waals surface area contributed by atoms with E-state index in [4.69, 9.17) is 0 Å². The van der Waals surface area contributed by atoms with E-state index in [1.54, 1.807) is 14.1 Å². The van der Waals surface area contributed by atoms with Gasteiger partial charge in [-0.05, 0) is 24.8 Å². The summed E-state index contributed by atoms with van der Waals surface area (Å²) in [5.74, 6) is -2.61. The number of hydrogen-bond donors (Lipinski definition) is 1. The third-order valence-corrected chi connectivity index (χ3v) is 8.51. The van der Waals surface area contributed by atoms with Crippen LogP contribution in [0.4, 0.5) is 13.2 Å². The van der Waals surface area contributed by atoms with Crippen molar-refractivity contribution >= 4 is 11.8 Å². The molecule has 39 heavy (non-hydrogen) atoms. The molecule has 4 rings (SSSR count). The second kappa shape index (κ2) is 10.8. The van der Waals surface area contributed by atoms with E-state index in [2.05, 4.69) is 0 Å². The van der Waals surface area contributed by atoms with Gasteiger partial charge in [-0.1, -0.05) is 50.1 Å². The summed E-state index contributed by atoms with van der Waals surface area (Å²) in [7, 11) is 3.25. The Labute approximate surface area is 226 Å². The van der Waals surface area contributed by atoms with Crippen molar-refractivity contribution in [2.24, 2.45) is 11.3 Å². The lowest BCUT2D eigenvalue weighted by molar-refractivity contribution is -0.182. The minimum absolute atomic E-state index is 0.0738. The van der Waals surface area contributed by atoms with E-state index in [0.29, 0.717) is 24.0 Å². The second-order valence-corrected chi connectivity index (χ2v) is 11.4. The van der Waals surface area contributed by atoms with Crippen molar-refractivity contribution in [2.75, 3.05) is 27.2 Å². The number of amides is 2. The van der Waals surface area contributed by atoms with Gasteiger partial charge in [0, 0.05) is 56.8 Å². The van der Waals surface area contributed by atoms with Crippen molar-refractivity contribution in [3.05, 3.63) is 58.5 Å². The average Bonchev–Trinajstić information content (AvgIpc) is 3.36. The minimum atomic E-state index is -4.45. The van der Waals surface area contributed by atoms with Gasteiger partial charge in [-0.25, -0.2) is 0 Å². The van der Waals surface area contributed by atoms with Gasteiger partial charge < -0.3 is 19.5 Å². The number of rotatable bonds is 6. The van der Waals surface area contributed by atoms with Gasteiger partial charge in [0.15, 0.2) is 0 Å². The van der Waals surface area contributed by atoms with Gasteiger partial charge in [-0.15, -0.1) is 0 Å². The highest BCUT2D eigenvalue weighted by atomic mass is 19.4. The zero-order valence-electron chi connectivity index (χ0n) is 22.6. The van der Waals surface area contributed by atoms with Crippen molar-refractivity contribution in [3.63, 3.8) is 0 Å². The normalized spacial score (nSPS) is 21.7. The van der Waals surface area contributed by atoms with Crippen LogP contribution in [0.15, 0.2) is 47.4 Å². The summed E-state index contributed by atoms with van der Waals surface area (Å²) >= 11 is 0. The molecule has 2 aliphatic rings. The molecular formula is C29H36F3N3O4. The molecule has 1 saturated heterocycles. The summed E-state index contributed by atoms with van der Waals surface area (Å²) < 4.78 is 40.6. The van der Waals surface area contributed by atoms with Gasteiger partial charge in [-0.3, -0.25) is 14.4 Å². The molecule has 2 aromatic rings. The smallest absolute Gasteiger partial charge is 0.387 e. The van der Waals surface area contributed by atoms with Crippen LogP contribution < -0.4 is 5.56 Å². The summed E-state index contributed by atoms with van der Waals surface area (Å²) in [5, 5.41) is 12.1. The SMILES string of the molecule is CC(CC(=O)N1CCC(O)(Cn2cc(C(=O)N(C)C)c(-c3ccccc3)cc2=O)C2(CCCC2)C1)C(F)(F)F. The van der Waals surface area contributed by atoms with Gasteiger partial charge in [0.25, 0.3) is 11.5 Å². The molecule has 1 aromatic carbocycles. The van der Waals surface area contributed by atoms with Crippen LogP contribution >= 0.6 is 0 Å². The van der Waals surface area contributed by atoms with E-state index in [9.17, 15) is 32.7 Å². The molecule has 7 nitrogen and oxygen atoms in total. The quantitative estimate of drug-likeness (QED) is 0.584. The number of carbonyl (C=O) groups is 2. The van der Waals surface area contributed by atoms with E-state index in [1.807, 2.05) is 30.3 Å². The molecule has 0 bridgehead atoms. The van der Waals surface area contributed by atoms with Crippen molar-refractivity contribution < 1.29 is 27.9 Å². The average molecular weight is 548 g/mol. The molecule has 10 heteroatoms. The Morgan fingerprint density at radius 2 is 1.74 bits per heavy atom. The molecule has 1 aliphatic carbocycles. The number of halogens is 3. The Bertz CT molecular complexity index is 1270. The maximum Gasteiger partial charge on any atom is 0.392 e. The lowest BCUT2D eigenvalue weighted by Crippen LogP contribution is -2.62. The molecule has 2 atom stereocenters. The summed E-state index contributed by atoms with van der Waals surface area (Å²) in [4.78, 5) is 42.1. The Morgan fingerprint density at radius 3 is 2.33 bits per heavy atom. The molecule has 2 amide bonds. The standard InChI is InChI=1S/C29H36F3N3O4/c1-20(29(30,31)32)15-24(36)34-14-13-28(39,27(18-34)11-7-8-12-27)19-35-17-23(26(38)33(2)3)22(16-25(35)37)21-9-5-4-6-10-21/h4-6,9-10,16-17,20,39H,7-8,11-15,18-19H2,1-3H3. The van der Waals surface area contributed by atoms with Crippen LogP contribution in [0.3, 0.4) is 0 Å². The van der Waals surface area contributed by atoms with E-state index in [-0.39, 0.29) is 37.5 Å². The zero-order valence-corrected chi connectivity index (χ0v) is 22.6. The minimum Gasteiger partial charge on any atom is -0.387 e. The molecule has 1 N–H and O–H groups in total. The molecule has 1 spiro atoms. The van der Waals surface area contributed by atoms with Gasteiger partial charge in [0.2, 0.25) is 5.91 Å². The summed E-state index contributed by atoms with van der Waals surface area (Å²) in [6.07, 6.45) is -0.630. The number of pyridine rings is 1. The first kappa shape index (κ1) is 28.9. The number of benzene rings is 1. The van der Waals surface area contributed by atoms with Crippen LogP contribution in [0.1, 0.15) is 55.8 Å². The molecule has 1 saturated carbocycles. The van der Waals surface area contributed by atoms with Crippen molar-refractivity contribution in [3.8, 4) is 11.1 Å². The van der Waals surface area contributed by atoms with Gasteiger partial charge >= 0.3 is 6.18 Å². The van der Waals surface area contributed by atoms with Gasteiger partial charge in [0.1, 0.15) is 0 Å². The summed E-state index contributed by atoms with van der Waals surface area (Å²) in [6, 6.07) is 10.5. The van der Waals surface area contributed by atoms with Crippen molar-refractivity contribution in [1.82, 2.24) is 14.4 Å². The van der Waals surface area contributed by atoms with Crippen LogP contribution in [0.5, 0.6) is 0 Å². The highest BCUT2D eigenvalue weighted by Gasteiger charge is 2.56. The number of aliphatic hydroxyl groups is 1. The number of nitrogens with zero attached hydrogens (tertiary/aromatic N) is 3. The van der Waals surface area contributed by atoms with E-state index < -0.39 is 35.4 Å². The zero-order chi connectivity index (χ0) is 28.6. The topological polar surface area (TPSA) is 82.8 Å². The summed E-state index contributed by atoms with van der Waals surface area (Å²) in [5.41, 5.74) is -0.944. The number of piperidine rings is 1. The summed E-state index contributed by atoms with van der Waals surface area (Å²) in [6.45, 7) is 1.17.